The molecule has 0 radical (unpaired) electrons. The quantitative estimate of drug-likeness (QED) is 0.579. The van der Waals surface area contributed by atoms with E-state index in [4.69, 9.17) is 0 Å². The smallest absolute Gasteiger partial charge is 0.210 e. The van der Waals surface area contributed by atoms with E-state index in [-0.39, 0.29) is 0 Å². The molecule has 9 heavy (non-hydrogen) atoms. The van der Waals surface area contributed by atoms with Gasteiger partial charge in [0.1, 0.15) is 0 Å². The third-order valence-electron chi connectivity index (χ3n) is 0.580. The maximum atomic E-state index is 11.4. The molecule has 0 amide bonds. The van der Waals surface area contributed by atoms with Gasteiger partial charge in [0.05, 0.1) is 5.75 Å². The maximum Gasteiger partial charge on any atom is 0.302 e. The van der Waals surface area contributed by atoms with Gasteiger partial charge in [0.25, 0.3) is 0 Å². The number of hydrogen-bond acceptors (Lipinski definition) is 2. The van der Waals surface area contributed by atoms with E-state index in [1.807, 2.05) is 0 Å². The first-order chi connectivity index (χ1) is 3.92. The molecule has 0 heterocycles. The molecule has 0 aromatic carbocycles. The topological polar surface area (TPSA) is 34.1 Å². The highest BCUT2D eigenvalue weighted by Gasteiger charge is 2.11. The van der Waals surface area contributed by atoms with Gasteiger partial charge in [-0.25, -0.2) is 8.78 Å². The van der Waals surface area contributed by atoms with E-state index in [1.54, 1.807) is 0 Å². The van der Waals surface area contributed by atoms with Gasteiger partial charge in [-0.2, -0.15) is 8.42 Å². The van der Waals surface area contributed by atoms with Crippen molar-refractivity contribution in [2.75, 3.05) is 5.75 Å². The molecule has 0 spiro atoms. The zero-order valence-electron chi connectivity index (χ0n) is 4.35. The molecule has 0 rings (SSSR count). The van der Waals surface area contributed by atoms with Crippen molar-refractivity contribution in [3.05, 3.63) is 0 Å². The standard InChI is InChI=1S/C3H5F3O2S/c4-3(5)1-2-9(6,7)8/h3H,1-2H2. The number of rotatable bonds is 3. The summed E-state index contributed by atoms with van der Waals surface area (Å²) in [7, 11) is -4.70. The van der Waals surface area contributed by atoms with Gasteiger partial charge in [-0.15, -0.1) is 3.89 Å². The summed E-state index contributed by atoms with van der Waals surface area (Å²) >= 11 is 0. The first kappa shape index (κ1) is 8.74. The molecule has 0 aliphatic rings. The fourth-order valence-electron chi connectivity index (χ4n) is 0.230. The fourth-order valence-corrected chi connectivity index (χ4v) is 0.690. The van der Waals surface area contributed by atoms with Crippen LogP contribution in [0.2, 0.25) is 0 Å². The summed E-state index contributed by atoms with van der Waals surface area (Å²) in [6.45, 7) is 0. The molecule has 0 aromatic heterocycles. The third kappa shape index (κ3) is 7.74. The highest BCUT2D eigenvalue weighted by Crippen LogP contribution is 2.02. The number of hydrogen-bond donors (Lipinski definition) is 0. The Labute approximate surface area is 50.9 Å². The molecule has 0 atom stereocenters. The maximum absolute atomic E-state index is 11.4. The van der Waals surface area contributed by atoms with E-state index in [0.29, 0.717) is 0 Å². The lowest BCUT2D eigenvalue weighted by atomic mass is 10.5. The Bertz CT molecular complexity index is 162. The van der Waals surface area contributed by atoms with Crippen molar-refractivity contribution in [1.29, 1.82) is 0 Å². The van der Waals surface area contributed by atoms with Gasteiger partial charge < -0.3 is 0 Å². The van der Waals surface area contributed by atoms with Crippen molar-refractivity contribution >= 4 is 10.2 Å². The van der Waals surface area contributed by atoms with Crippen molar-refractivity contribution < 1.29 is 21.1 Å². The molecular formula is C3H5F3O2S. The monoisotopic (exact) mass is 162 g/mol. The second-order valence-electron chi connectivity index (χ2n) is 1.42. The summed E-state index contributed by atoms with van der Waals surface area (Å²) < 4.78 is 52.7. The Morgan fingerprint density at radius 2 is 1.78 bits per heavy atom. The minimum atomic E-state index is -4.70. The van der Waals surface area contributed by atoms with E-state index in [0.717, 1.165) is 0 Å². The Hall–Kier alpha value is -0.260. The Kier molecular flexibility index (Phi) is 2.96. The first-order valence-corrected chi connectivity index (χ1v) is 3.67. The molecule has 0 unspecified atom stereocenters. The molecule has 0 N–H and O–H groups in total. The van der Waals surface area contributed by atoms with Gasteiger partial charge in [0.15, 0.2) is 0 Å². The molecular weight excluding hydrogens is 157 g/mol. The largest absolute Gasteiger partial charge is 0.302 e. The SMILES string of the molecule is O=S(=O)(F)CCC(F)F. The van der Waals surface area contributed by atoms with Gasteiger partial charge in [-0.05, 0) is 0 Å². The van der Waals surface area contributed by atoms with Gasteiger partial charge >= 0.3 is 10.2 Å². The fraction of sp³-hybridized carbons (Fsp3) is 1.00. The lowest BCUT2D eigenvalue weighted by Gasteiger charge is -1.92. The summed E-state index contributed by atoms with van der Waals surface area (Å²) in [5, 5.41) is 0. The Morgan fingerprint density at radius 3 is 1.89 bits per heavy atom. The van der Waals surface area contributed by atoms with Crippen LogP contribution in [0.4, 0.5) is 12.7 Å². The van der Waals surface area contributed by atoms with Crippen molar-refractivity contribution in [2.45, 2.75) is 12.8 Å². The summed E-state index contributed by atoms with van der Waals surface area (Å²) in [6.07, 6.45) is -3.69. The Morgan fingerprint density at radius 1 is 1.33 bits per heavy atom. The second-order valence-corrected chi connectivity index (χ2v) is 2.91. The van der Waals surface area contributed by atoms with Crippen LogP contribution in [0.1, 0.15) is 6.42 Å². The van der Waals surface area contributed by atoms with Crippen molar-refractivity contribution in [3.8, 4) is 0 Å². The van der Waals surface area contributed by atoms with E-state index < -0.39 is 28.8 Å². The number of alkyl halides is 2. The molecule has 6 heteroatoms. The van der Waals surface area contributed by atoms with Crippen LogP contribution >= 0.6 is 0 Å². The lowest BCUT2D eigenvalue weighted by Crippen LogP contribution is -2.03. The normalized spacial score (nSPS) is 12.4. The molecule has 0 aromatic rings. The molecule has 2 nitrogen and oxygen atoms in total. The molecule has 0 fully saturated rings. The first-order valence-electron chi connectivity index (χ1n) is 2.12. The molecule has 0 aliphatic carbocycles. The third-order valence-corrected chi connectivity index (χ3v) is 1.30. The highest BCUT2D eigenvalue weighted by atomic mass is 32.3. The zero-order valence-corrected chi connectivity index (χ0v) is 5.17. The summed E-state index contributed by atoms with van der Waals surface area (Å²) in [4.78, 5) is 0. The van der Waals surface area contributed by atoms with E-state index in [9.17, 15) is 21.1 Å². The molecule has 0 aliphatic heterocycles. The van der Waals surface area contributed by atoms with E-state index in [2.05, 4.69) is 0 Å². The summed E-state index contributed by atoms with van der Waals surface area (Å²) in [6, 6.07) is 0. The van der Waals surface area contributed by atoms with Crippen LogP contribution in [-0.4, -0.2) is 20.6 Å². The van der Waals surface area contributed by atoms with E-state index in [1.165, 1.54) is 0 Å². The molecule has 0 saturated carbocycles. The zero-order chi connectivity index (χ0) is 7.49. The number of halogens is 3. The predicted molar refractivity (Wildman–Crippen MR) is 25.5 cm³/mol. The van der Waals surface area contributed by atoms with Crippen molar-refractivity contribution in [3.63, 3.8) is 0 Å². The molecule has 0 bridgehead atoms. The van der Waals surface area contributed by atoms with Crippen LogP contribution < -0.4 is 0 Å². The molecule has 56 valence electrons. The van der Waals surface area contributed by atoms with Crippen LogP contribution in [0.3, 0.4) is 0 Å². The van der Waals surface area contributed by atoms with Gasteiger partial charge in [-0.1, -0.05) is 0 Å². The van der Waals surface area contributed by atoms with Crippen molar-refractivity contribution in [1.82, 2.24) is 0 Å². The van der Waals surface area contributed by atoms with Gasteiger partial charge in [0, 0.05) is 6.42 Å². The highest BCUT2D eigenvalue weighted by molar-refractivity contribution is 7.86. The average Bonchev–Trinajstić information content (AvgIpc) is 1.59. The molecule has 0 saturated heterocycles. The van der Waals surface area contributed by atoms with Crippen LogP contribution in [0, 0.1) is 0 Å². The lowest BCUT2D eigenvalue weighted by molar-refractivity contribution is 0.144. The summed E-state index contributed by atoms with van der Waals surface area (Å²) in [5.41, 5.74) is 0. The van der Waals surface area contributed by atoms with E-state index >= 15 is 0 Å². The van der Waals surface area contributed by atoms with Crippen LogP contribution in [-0.2, 0) is 10.2 Å². The minimum absolute atomic E-state index is 0.932. The predicted octanol–water partition coefficient (Wildman–Crippen LogP) is 0.941. The van der Waals surface area contributed by atoms with Crippen molar-refractivity contribution in [2.24, 2.45) is 0 Å². The second kappa shape index (κ2) is 3.05. The van der Waals surface area contributed by atoms with Gasteiger partial charge in [0.2, 0.25) is 6.43 Å². The van der Waals surface area contributed by atoms with Crippen LogP contribution in [0.5, 0.6) is 0 Å². The summed E-state index contributed by atoms with van der Waals surface area (Å²) in [5.74, 6) is -1.09. The average molecular weight is 162 g/mol. The Balaban J connectivity index is 3.53. The van der Waals surface area contributed by atoms with Crippen LogP contribution in [0.15, 0.2) is 0 Å². The minimum Gasteiger partial charge on any atom is -0.210 e. The van der Waals surface area contributed by atoms with Gasteiger partial charge in [-0.3, -0.25) is 0 Å². The van der Waals surface area contributed by atoms with Crippen LogP contribution in [0.25, 0.3) is 0 Å².